The van der Waals surface area contributed by atoms with Crippen molar-refractivity contribution in [3.63, 3.8) is 0 Å². The van der Waals surface area contributed by atoms with Crippen LogP contribution >= 0.6 is 24.0 Å². The highest BCUT2D eigenvalue weighted by atomic mass is 35.5. The van der Waals surface area contributed by atoms with Gasteiger partial charge in [-0.25, -0.2) is 4.68 Å². The van der Waals surface area contributed by atoms with Crippen LogP contribution in [0.5, 0.6) is 0 Å². The van der Waals surface area contributed by atoms with Crippen molar-refractivity contribution in [1.29, 1.82) is 0 Å². The smallest absolute Gasteiger partial charge is 0.255 e. The average Bonchev–Trinajstić information content (AvgIpc) is 3.28. The van der Waals surface area contributed by atoms with Crippen LogP contribution in [-0.4, -0.2) is 50.6 Å². The number of piperazine rings is 1. The summed E-state index contributed by atoms with van der Waals surface area (Å²) in [6.45, 7) is 4.24. The van der Waals surface area contributed by atoms with Crippen molar-refractivity contribution in [2.24, 2.45) is 0 Å². The van der Waals surface area contributed by atoms with Crippen LogP contribution in [0, 0.1) is 0 Å². The summed E-state index contributed by atoms with van der Waals surface area (Å²) in [5, 5.41) is 14.9. The molecule has 1 fully saturated rings. The number of nitrogens with one attached hydrogen (secondary N) is 1. The van der Waals surface area contributed by atoms with E-state index in [0.717, 1.165) is 25.1 Å². The number of hydrogen-bond donors (Lipinski definition) is 1. The zero-order chi connectivity index (χ0) is 19.5. The van der Waals surface area contributed by atoms with E-state index >= 15 is 0 Å². The van der Waals surface area contributed by atoms with Crippen LogP contribution in [0.25, 0.3) is 5.69 Å². The standard InChI is InChI=1S/C20H21ClN6O.ClH/c1-2-14-3-5-15(6-4-14)19-12-22-9-10-26(19)20(28)17-8-7-16(11-18(17)21)27-13-23-24-25-27;/h3-8,11,13,19,22H,2,9-10,12H2,1H3;1H. The van der Waals surface area contributed by atoms with E-state index in [2.05, 4.69) is 52.0 Å². The van der Waals surface area contributed by atoms with Crippen LogP contribution in [0.3, 0.4) is 0 Å². The number of hydrogen-bond acceptors (Lipinski definition) is 5. The van der Waals surface area contributed by atoms with Crippen molar-refractivity contribution >= 4 is 29.9 Å². The van der Waals surface area contributed by atoms with Gasteiger partial charge in [-0.2, -0.15) is 0 Å². The largest absolute Gasteiger partial charge is 0.329 e. The van der Waals surface area contributed by atoms with E-state index in [0.29, 0.717) is 22.8 Å². The minimum absolute atomic E-state index is 0. The molecular formula is C20H22Cl2N6O. The Morgan fingerprint density at radius 3 is 2.69 bits per heavy atom. The number of carbonyl (C=O) groups is 1. The van der Waals surface area contributed by atoms with Gasteiger partial charge in [0.1, 0.15) is 6.33 Å². The molecule has 1 N–H and O–H groups in total. The van der Waals surface area contributed by atoms with Crippen molar-refractivity contribution in [2.45, 2.75) is 19.4 Å². The second-order valence-corrected chi connectivity index (χ2v) is 7.14. The normalized spacial score (nSPS) is 16.3. The molecule has 1 aromatic heterocycles. The second-order valence-electron chi connectivity index (χ2n) is 6.73. The molecule has 1 amide bonds. The summed E-state index contributed by atoms with van der Waals surface area (Å²) in [4.78, 5) is 15.2. The fraction of sp³-hybridized carbons (Fsp3) is 0.300. The van der Waals surface area contributed by atoms with E-state index in [9.17, 15) is 4.79 Å². The minimum Gasteiger partial charge on any atom is -0.329 e. The second kappa shape index (κ2) is 9.35. The Kier molecular flexibility index (Phi) is 6.84. The Bertz CT molecular complexity index is 962. The van der Waals surface area contributed by atoms with E-state index in [1.807, 2.05) is 4.90 Å². The van der Waals surface area contributed by atoms with Gasteiger partial charge in [0.05, 0.1) is 22.3 Å². The first-order valence-corrected chi connectivity index (χ1v) is 9.68. The topological polar surface area (TPSA) is 75.9 Å². The van der Waals surface area contributed by atoms with Gasteiger partial charge in [0.25, 0.3) is 5.91 Å². The molecule has 0 spiro atoms. The van der Waals surface area contributed by atoms with Gasteiger partial charge in [0, 0.05) is 19.6 Å². The zero-order valence-electron chi connectivity index (χ0n) is 16.0. The Balaban J connectivity index is 0.00000240. The SMILES string of the molecule is CCc1ccc(C2CNCCN2C(=O)c2ccc(-n3cnnn3)cc2Cl)cc1.Cl. The Labute approximate surface area is 180 Å². The quantitative estimate of drug-likeness (QED) is 0.685. The molecule has 7 nitrogen and oxygen atoms in total. The highest BCUT2D eigenvalue weighted by Crippen LogP contribution is 2.28. The molecule has 4 rings (SSSR count). The van der Waals surface area contributed by atoms with E-state index in [1.165, 1.54) is 16.6 Å². The van der Waals surface area contributed by atoms with E-state index < -0.39 is 0 Å². The number of amides is 1. The lowest BCUT2D eigenvalue weighted by atomic mass is 10.00. The van der Waals surface area contributed by atoms with Crippen molar-refractivity contribution in [2.75, 3.05) is 19.6 Å². The van der Waals surface area contributed by atoms with Gasteiger partial charge in [0.2, 0.25) is 0 Å². The number of rotatable bonds is 4. The predicted molar refractivity (Wildman–Crippen MR) is 114 cm³/mol. The molecule has 3 aromatic rings. The summed E-state index contributed by atoms with van der Waals surface area (Å²) >= 11 is 6.45. The molecule has 1 saturated heterocycles. The van der Waals surface area contributed by atoms with E-state index in [4.69, 9.17) is 11.6 Å². The van der Waals surface area contributed by atoms with Gasteiger partial charge in [-0.05, 0) is 46.2 Å². The first kappa shape index (κ1) is 21.2. The molecule has 1 unspecified atom stereocenters. The fourth-order valence-corrected chi connectivity index (χ4v) is 3.73. The van der Waals surface area contributed by atoms with E-state index in [1.54, 1.807) is 18.2 Å². The molecule has 1 atom stereocenters. The number of tetrazole rings is 1. The third-order valence-electron chi connectivity index (χ3n) is 5.07. The maximum Gasteiger partial charge on any atom is 0.255 e. The lowest BCUT2D eigenvalue weighted by molar-refractivity contribution is 0.0634. The molecule has 0 aliphatic carbocycles. The van der Waals surface area contributed by atoms with Crippen LogP contribution in [0.15, 0.2) is 48.8 Å². The third-order valence-corrected chi connectivity index (χ3v) is 5.39. The number of aromatic nitrogens is 4. The molecule has 0 radical (unpaired) electrons. The first-order chi connectivity index (χ1) is 13.7. The monoisotopic (exact) mass is 432 g/mol. The molecule has 1 aliphatic heterocycles. The van der Waals surface area contributed by atoms with Gasteiger partial charge in [0.15, 0.2) is 0 Å². The molecule has 2 aromatic carbocycles. The maximum atomic E-state index is 13.3. The molecule has 0 bridgehead atoms. The lowest BCUT2D eigenvalue weighted by Crippen LogP contribution is -2.48. The summed E-state index contributed by atoms with van der Waals surface area (Å²) < 4.78 is 1.50. The molecule has 152 valence electrons. The lowest BCUT2D eigenvalue weighted by Gasteiger charge is -2.37. The summed E-state index contributed by atoms with van der Waals surface area (Å²) in [6.07, 6.45) is 2.48. The molecule has 29 heavy (non-hydrogen) atoms. The van der Waals surface area contributed by atoms with Crippen molar-refractivity contribution < 1.29 is 4.79 Å². The van der Waals surface area contributed by atoms with Gasteiger partial charge in [-0.1, -0.05) is 42.8 Å². The maximum absolute atomic E-state index is 13.3. The van der Waals surface area contributed by atoms with Crippen molar-refractivity contribution in [1.82, 2.24) is 30.4 Å². The Morgan fingerprint density at radius 2 is 2.03 bits per heavy atom. The summed E-state index contributed by atoms with van der Waals surface area (Å²) in [6, 6.07) is 13.7. The van der Waals surface area contributed by atoms with Gasteiger partial charge < -0.3 is 10.2 Å². The third kappa shape index (κ3) is 4.42. The first-order valence-electron chi connectivity index (χ1n) is 9.31. The number of halogens is 2. The summed E-state index contributed by atoms with van der Waals surface area (Å²) in [7, 11) is 0. The van der Waals surface area contributed by atoms with Gasteiger partial charge in [-0.3, -0.25) is 4.79 Å². The summed E-state index contributed by atoms with van der Waals surface area (Å²) in [5.74, 6) is -0.0701. The Hall–Kier alpha value is -2.48. The highest BCUT2D eigenvalue weighted by molar-refractivity contribution is 6.34. The number of aryl methyl sites for hydroxylation is 1. The average molecular weight is 433 g/mol. The number of benzene rings is 2. The summed E-state index contributed by atoms with van der Waals surface area (Å²) in [5.41, 5.74) is 3.60. The highest BCUT2D eigenvalue weighted by Gasteiger charge is 2.29. The molecule has 0 saturated carbocycles. The van der Waals surface area contributed by atoms with Crippen LogP contribution in [-0.2, 0) is 6.42 Å². The van der Waals surface area contributed by atoms with Crippen LogP contribution in [0.4, 0.5) is 0 Å². The van der Waals surface area contributed by atoms with Gasteiger partial charge >= 0.3 is 0 Å². The van der Waals surface area contributed by atoms with E-state index in [-0.39, 0.29) is 24.4 Å². The molecule has 1 aliphatic rings. The van der Waals surface area contributed by atoms with Crippen LogP contribution in [0.2, 0.25) is 5.02 Å². The predicted octanol–water partition coefficient (Wildman–Crippen LogP) is 3.09. The molecule has 2 heterocycles. The van der Waals surface area contributed by atoms with Crippen molar-refractivity contribution in [3.8, 4) is 5.69 Å². The van der Waals surface area contributed by atoms with Crippen LogP contribution < -0.4 is 5.32 Å². The Morgan fingerprint density at radius 1 is 1.24 bits per heavy atom. The molecular weight excluding hydrogens is 411 g/mol. The van der Waals surface area contributed by atoms with Crippen molar-refractivity contribution in [3.05, 3.63) is 70.5 Å². The molecule has 9 heteroatoms. The van der Waals surface area contributed by atoms with Crippen LogP contribution in [0.1, 0.15) is 34.5 Å². The number of nitrogens with zero attached hydrogens (tertiary/aromatic N) is 5. The minimum atomic E-state index is -0.0701. The zero-order valence-corrected chi connectivity index (χ0v) is 17.5. The van der Waals surface area contributed by atoms with Gasteiger partial charge in [-0.15, -0.1) is 17.5 Å². The fourth-order valence-electron chi connectivity index (χ4n) is 3.47. The number of carbonyl (C=O) groups excluding carboxylic acids is 1.